The minimum atomic E-state index is -0.207. The maximum atomic E-state index is 11.9. The van der Waals surface area contributed by atoms with Crippen molar-refractivity contribution in [2.24, 2.45) is 5.92 Å². The standard InChI is InChI=1S/C12H19N3O2S/c1-7-10(18-12(13)15-7)11(17)14-6-8-3-2-4-9(16)5-8/h8-9,16H,2-6H2,1H3,(H2,13,15)(H,14,17). The van der Waals surface area contributed by atoms with Crippen molar-refractivity contribution in [3.8, 4) is 0 Å². The summed E-state index contributed by atoms with van der Waals surface area (Å²) in [5.74, 6) is 0.269. The van der Waals surface area contributed by atoms with E-state index in [0.717, 1.165) is 25.7 Å². The van der Waals surface area contributed by atoms with Crippen molar-refractivity contribution in [1.29, 1.82) is 0 Å². The Labute approximate surface area is 110 Å². The number of anilines is 1. The van der Waals surface area contributed by atoms with Gasteiger partial charge in [-0.3, -0.25) is 4.79 Å². The van der Waals surface area contributed by atoms with E-state index < -0.39 is 0 Å². The van der Waals surface area contributed by atoms with Crippen LogP contribution in [0.1, 0.15) is 41.0 Å². The molecule has 1 saturated carbocycles. The van der Waals surface area contributed by atoms with Gasteiger partial charge in [-0.2, -0.15) is 0 Å². The van der Waals surface area contributed by atoms with E-state index >= 15 is 0 Å². The molecule has 4 N–H and O–H groups in total. The second-order valence-electron chi connectivity index (χ2n) is 4.86. The Morgan fingerprint density at radius 1 is 1.61 bits per heavy atom. The van der Waals surface area contributed by atoms with Crippen LogP contribution < -0.4 is 11.1 Å². The Morgan fingerprint density at radius 2 is 2.39 bits per heavy atom. The molecule has 5 nitrogen and oxygen atoms in total. The molecule has 18 heavy (non-hydrogen) atoms. The van der Waals surface area contributed by atoms with Crippen LogP contribution >= 0.6 is 11.3 Å². The number of aliphatic hydroxyl groups excluding tert-OH is 1. The van der Waals surface area contributed by atoms with Crippen LogP contribution in [0.5, 0.6) is 0 Å². The summed E-state index contributed by atoms with van der Waals surface area (Å²) >= 11 is 1.21. The normalized spacial score (nSPS) is 23.9. The highest BCUT2D eigenvalue weighted by molar-refractivity contribution is 7.17. The Morgan fingerprint density at radius 3 is 3.00 bits per heavy atom. The number of aryl methyl sites for hydroxylation is 1. The van der Waals surface area contributed by atoms with Gasteiger partial charge in [-0.15, -0.1) is 0 Å². The molecule has 0 bridgehead atoms. The monoisotopic (exact) mass is 269 g/mol. The second-order valence-corrected chi connectivity index (χ2v) is 5.89. The number of nitrogens with two attached hydrogens (primary N) is 1. The molecule has 2 atom stereocenters. The van der Waals surface area contributed by atoms with Crippen molar-refractivity contribution >= 4 is 22.4 Å². The topological polar surface area (TPSA) is 88.2 Å². The maximum Gasteiger partial charge on any atom is 0.263 e. The summed E-state index contributed by atoms with van der Waals surface area (Å²) in [5.41, 5.74) is 6.25. The van der Waals surface area contributed by atoms with Crippen LogP contribution in [0.3, 0.4) is 0 Å². The minimum Gasteiger partial charge on any atom is -0.393 e. The lowest BCUT2D eigenvalue weighted by Gasteiger charge is -2.25. The van der Waals surface area contributed by atoms with E-state index in [1.165, 1.54) is 11.3 Å². The van der Waals surface area contributed by atoms with Gasteiger partial charge in [-0.05, 0) is 32.1 Å². The van der Waals surface area contributed by atoms with Crippen molar-refractivity contribution < 1.29 is 9.90 Å². The Bertz CT molecular complexity index is 433. The lowest BCUT2D eigenvalue weighted by Crippen LogP contribution is -2.32. The third kappa shape index (κ3) is 3.20. The van der Waals surface area contributed by atoms with Gasteiger partial charge in [0.05, 0.1) is 11.8 Å². The number of carbonyl (C=O) groups excluding carboxylic acids is 1. The predicted molar refractivity (Wildman–Crippen MR) is 71.6 cm³/mol. The van der Waals surface area contributed by atoms with E-state index in [0.29, 0.717) is 28.2 Å². The van der Waals surface area contributed by atoms with Crippen LogP contribution in [0.25, 0.3) is 0 Å². The molecule has 0 spiro atoms. The van der Waals surface area contributed by atoms with E-state index in [9.17, 15) is 9.90 Å². The summed E-state index contributed by atoms with van der Waals surface area (Å²) in [4.78, 5) is 16.6. The third-order valence-corrected chi connectivity index (χ3v) is 4.31. The van der Waals surface area contributed by atoms with E-state index in [1.54, 1.807) is 6.92 Å². The average molecular weight is 269 g/mol. The highest BCUT2D eigenvalue weighted by atomic mass is 32.1. The molecule has 6 heteroatoms. The molecular weight excluding hydrogens is 250 g/mol. The number of hydrogen-bond acceptors (Lipinski definition) is 5. The molecule has 1 amide bonds. The zero-order chi connectivity index (χ0) is 13.1. The van der Waals surface area contributed by atoms with Crippen molar-refractivity contribution in [2.75, 3.05) is 12.3 Å². The van der Waals surface area contributed by atoms with Crippen LogP contribution in [0.2, 0.25) is 0 Å². The number of aliphatic hydroxyl groups is 1. The van der Waals surface area contributed by atoms with Crippen molar-refractivity contribution in [1.82, 2.24) is 10.3 Å². The van der Waals surface area contributed by atoms with Crippen LogP contribution in [-0.4, -0.2) is 28.6 Å². The number of rotatable bonds is 3. The third-order valence-electron chi connectivity index (χ3n) is 3.33. The van der Waals surface area contributed by atoms with E-state index in [1.807, 2.05) is 0 Å². The summed E-state index contributed by atoms with van der Waals surface area (Å²) in [6.07, 6.45) is 3.57. The zero-order valence-corrected chi connectivity index (χ0v) is 11.3. The average Bonchev–Trinajstić information content (AvgIpc) is 2.66. The fourth-order valence-electron chi connectivity index (χ4n) is 2.39. The molecule has 100 valence electrons. The smallest absolute Gasteiger partial charge is 0.263 e. The highest BCUT2D eigenvalue weighted by Crippen LogP contribution is 2.24. The number of thiazole rings is 1. The first-order valence-electron chi connectivity index (χ1n) is 6.25. The lowest BCUT2D eigenvalue weighted by molar-refractivity contribution is 0.0876. The van der Waals surface area contributed by atoms with Crippen molar-refractivity contribution in [3.05, 3.63) is 10.6 Å². The molecule has 2 rings (SSSR count). The molecule has 0 aromatic carbocycles. The fourth-order valence-corrected chi connectivity index (χ4v) is 3.14. The number of nitrogens with zero attached hydrogens (tertiary/aromatic N) is 1. The Kier molecular flexibility index (Phi) is 4.19. The largest absolute Gasteiger partial charge is 0.393 e. The molecule has 1 heterocycles. The highest BCUT2D eigenvalue weighted by Gasteiger charge is 2.21. The number of aromatic nitrogens is 1. The summed E-state index contributed by atoms with van der Waals surface area (Å²) in [5, 5.41) is 12.9. The van der Waals surface area contributed by atoms with Gasteiger partial charge in [0.15, 0.2) is 5.13 Å². The van der Waals surface area contributed by atoms with E-state index in [2.05, 4.69) is 10.3 Å². The molecule has 1 fully saturated rings. The van der Waals surface area contributed by atoms with Gasteiger partial charge in [0, 0.05) is 6.54 Å². The predicted octanol–water partition coefficient (Wildman–Crippen LogP) is 1.31. The molecule has 1 aliphatic carbocycles. The molecule has 1 aromatic heterocycles. The van der Waals surface area contributed by atoms with Gasteiger partial charge in [0.25, 0.3) is 5.91 Å². The SMILES string of the molecule is Cc1nc(N)sc1C(=O)NCC1CCCC(O)C1. The second kappa shape index (κ2) is 5.67. The molecule has 1 aromatic rings. The molecule has 2 unspecified atom stereocenters. The number of amides is 1. The van der Waals surface area contributed by atoms with E-state index in [-0.39, 0.29) is 12.0 Å². The first-order valence-corrected chi connectivity index (χ1v) is 7.07. The molecular formula is C12H19N3O2S. The minimum absolute atomic E-state index is 0.109. The van der Waals surface area contributed by atoms with Crippen molar-refractivity contribution in [2.45, 2.75) is 38.7 Å². The number of nitrogen functional groups attached to an aromatic ring is 1. The molecule has 0 aliphatic heterocycles. The summed E-state index contributed by atoms with van der Waals surface area (Å²) in [6, 6.07) is 0. The summed E-state index contributed by atoms with van der Waals surface area (Å²) in [7, 11) is 0. The first-order chi connectivity index (χ1) is 8.56. The molecule has 1 aliphatic rings. The number of carbonyl (C=O) groups is 1. The van der Waals surface area contributed by atoms with Crippen LogP contribution in [0.15, 0.2) is 0 Å². The quantitative estimate of drug-likeness (QED) is 0.772. The van der Waals surface area contributed by atoms with Crippen LogP contribution in [0.4, 0.5) is 5.13 Å². The lowest BCUT2D eigenvalue weighted by atomic mass is 9.87. The maximum absolute atomic E-state index is 11.9. The number of nitrogens with one attached hydrogen (secondary N) is 1. The van der Waals surface area contributed by atoms with Gasteiger partial charge in [0.2, 0.25) is 0 Å². The first kappa shape index (κ1) is 13.3. The molecule has 0 radical (unpaired) electrons. The zero-order valence-electron chi connectivity index (χ0n) is 10.5. The fraction of sp³-hybridized carbons (Fsp3) is 0.667. The number of hydrogen-bond donors (Lipinski definition) is 3. The van der Waals surface area contributed by atoms with E-state index in [4.69, 9.17) is 5.73 Å². The molecule has 0 saturated heterocycles. The van der Waals surface area contributed by atoms with Crippen molar-refractivity contribution in [3.63, 3.8) is 0 Å². The van der Waals surface area contributed by atoms with Crippen LogP contribution in [0, 0.1) is 12.8 Å². The van der Waals surface area contributed by atoms with Gasteiger partial charge in [0.1, 0.15) is 4.88 Å². The van der Waals surface area contributed by atoms with Gasteiger partial charge in [-0.1, -0.05) is 17.8 Å². The summed E-state index contributed by atoms with van der Waals surface area (Å²) < 4.78 is 0. The van der Waals surface area contributed by atoms with Gasteiger partial charge < -0.3 is 16.2 Å². The van der Waals surface area contributed by atoms with Crippen LogP contribution in [-0.2, 0) is 0 Å². The summed E-state index contributed by atoms with van der Waals surface area (Å²) in [6.45, 7) is 2.40. The van der Waals surface area contributed by atoms with Gasteiger partial charge >= 0.3 is 0 Å². The Balaban J connectivity index is 1.86. The Hall–Kier alpha value is -1.14. The van der Waals surface area contributed by atoms with Gasteiger partial charge in [-0.25, -0.2) is 4.98 Å².